The number of rotatable bonds is 5. The SMILES string of the molecule is CCN(CC)c1nncc(Nc2ccc(Br)cc2C)n1. The van der Waals surface area contributed by atoms with E-state index in [0.29, 0.717) is 11.8 Å². The Kier molecular flexibility index (Phi) is 4.89. The van der Waals surface area contributed by atoms with Crippen molar-refractivity contribution in [3.63, 3.8) is 0 Å². The Balaban J connectivity index is 2.23. The molecule has 1 aromatic carbocycles. The first-order valence-electron chi connectivity index (χ1n) is 6.61. The molecule has 1 aromatic heterocycles. The van der Waals surface area contributed by atoms with Gasteiger partial charge < -0.3 is 10.2 Å². The molecule has 5 nitrogen and oxygen atoms in total. The van der Waals surface area contributed by atoms with E-state index in [1.165, 1.54) is 0 Å². The van der Waals surface area contributed by atoms with E-state index < -0.39 is 0 Å². The highest BCUT2D eigenvalue weighted by Gasteiger charge is 2.08. The third-order valence-corrected chi connectivity index (χ3v) is 3.54. The van der Waals surface area contributed by atoms with Crippen LogP contribution in [0.15, 0.2) is 28.9 Å². The molecule has 0 unspecified atom stereocenters. The average molecular weight is 336 g/mol. The van der Waals surface area contributed by atoms with E-state index >= 15 is 0 Å². The Morgan fingerprint density at radius 1 is 1.25 bits per heavy atom. The summed E-state index contributed by atoms with van der Waals surface area (Å²) in [4.78, 5) is 6.57. The van der Waals surface area contributed by atoms with Crippen LogP contribution >= 0.6 is 15.9 Å². The lowest BCUT2D eigenvalue weighted by Gasteiger charge is -2.18. The first-order chi connectivity index (χ1) is 9.63. The molecule has 1 N–H and O–H groups in total. The summed E-state index contributed by atoms with van der Waals surface area (Å²) in [5, 5.41) is 11.4. The van der Waals surface area contributed by atoms with Crippen LogP contribution in [0, 0.1) is 6.92 Å². The molecule has 0 aliphatic rings. The van der Waals surface area contributed by atoms with Crippen molar-refractivity contribution < 1.29 is 0 Å². The maximum atomic E-state index is 4.50. The molecule has 0 saturated carbocycles. The predicted octanol–water partition coefficient (Wildman–Crippen LogP) is 3.53. The molecule has 1 heterocycles. The molecule has 0 spiro atoms. The van der Waals surface area contributed by atoms with Gasteiger partial charge in [-0.3, -0.25) is 0 Å². The van der Waals surface area contributed by atoms with Crippen LogP contribution in [-0.2, 0) is 0 Å². The smallest absolute Gasteiger partial charge is 0.247 e. The van der Waals surface area contributed by atoms with Crippen molar-refractivity contribution in [1.82, 2.24) is 15.2 Å². The van der Waals surface area contributed by atoms with Crippen LogP contribution in [0.1, 0.15) is 19.4 Å². The van der Waals surface area contributed by atoms with E-state index in [2.05, 4.69) is 61.2 Å². The van der Waals surface area contributed by atoms with Crippen LogP contribution in [0.3, 0.4) is 0 Å². The molecule has 20 heavy (non-hydrogen) atoms. The number of anilines is 3. The number of benzene rings is 1. The fourth-order valence-corrected chi connectivity index (χ4v) is 2.38. The van der Waals surface area contributed by atoms with Gasteiger partial charge >= 0.3 is 0 Å². The number of hydrogen-bond donors (Lipinski definition) is 1. The van der Waals surface area contributed by atoms with E-state index in [9.17, 15) is 0 Å². The molecule has 2 aromatic rings. The van der Waals surface area contributed by atoms with Crippen molar-refractivity contribution >= 4 is 33.4 Å². The van der Waals surface area contributed by atoms with Gasteiger partial charge in [-0.05, 0) is 44.5 Å². The fourth-order valence-electron chi connectivity index (χ4n) is 1.90. The maximum absolute atomic E-state index is 4.50. The zero-order valence-electron chi connectivity index (χ0n) is 11.9. The van der Waals surface area contributed by atoms with Crippen LogP contribution in [0.4, 0.5) is 17.5 Å². The van der Waals surface area contributed by atoms with Gasteiger partial charge in [0.1, 0.15) is 0 Å². The lowest BCUT2D eigenvalue weighted by atomic mass is 10.2. The largest absolute Gasteiger partial charge is 0.340 e. The van der Waals surface area contributed by atoms with Gasteiger partial charge in [0.05, 0.1) is 6.20 Å². The molecule has 0 bridgehead atoms. The molecule has 0 radical (unpaired) electrons. The molecular formula is C14H18BrN5. The summed E-state index contributed by atoms with van der Waals surface area (Å²) in [6.07, 6.45) is 1.63. The van der Waals surface area contributed by atoms with Crippen molar-refractivity contribution in [3.8, 4) is 0 Å². The van der Waals surface area contributed by atoms with Crippen molar-refractivity contribution in [3.05, 3.63) is 34.4 Å². The molecule has 0 atom stereocenters. The van der Waals surface area contributed by atoms with E-state index in [1.807, 2.05) is 19.1 Å². The fraction of sp³-hybridized carbons (Fsp3) is 0.357. The Hall–Kier alpha value is -1.69. The Bertz CT molecular complexity index is 584. The summed E-state index contributed by atoms with van der Waals surface area (Å²) in [6.45, 7) is 7.92. The quantitative estimate of drug-likeness (QED) is 0.905. The minimum Gasteiger partial charge on any atom is -0.340 e. The topological polar surface area (TPSA) is 53.9 Å². The zero-order chi connectivity index (χ0) is 14.5. The van der Waals surface area contributed by atoms with Crippen LogP contribution in [-0.4, -0.2) is 28.3 Å². The number of halogens is 1. The molecule has 0 aliphatic carbocycles. The molecule has 0 amide bonds. The highest BCUT2D eigenvalue weighted by molar-refractivity contribution is 9.10. The second kappa shape index (κ2) is 6.65. The molecule has 0 fully saturated rings. The van der Waals surface area contributed by atoms with E-state index in [4.69, 9.17) is 0 Å². The second-order valence-electron chi connectivity index (χ2n) is 4.40. The minimum atomic E-state index is 0.648. The Labute approximate surface area is 127 Å². The second-order valence-corrected chi connectivity index (χ2v) is 5.31. The van der Waals surface area contributed by atoms with Crippen LogP contribution in [0.5, 0.6) is 0 Å². The van der Waals surface area contributed by atoms with Crippen molar-refractivity contribution in [2.45, 2.75) is 20.8 Å². The van der Waals surface area contributed by atoms with Crippen LogP contribution in [0.25, 0.3) is 0 Å². The van der Waals surface area contributed by atoms with E-state index in [1.54, 1.807) is 6.20 Å². The third-order valence-electron chi connectivity index (χ3n) is 3.05. The highest BCUT2D eigenvalue weighted by Crippen LogP contribution is 2.23. The lowest BCUT2D eigenvalue weighted by Crippen LogP contribution is -2.24. The maximum Gasteiger partial charge on any atom is 0.247 e. The summed E-state index contributed by atoms with van der Waals surface area (Å²) in [6, 6.07) is 6.07. The average Bonchev–Trinajstić information content (AvgIpc) is 2.44. The van der Waals surface area contributed by atoms with Crippen LogP contribution in [0.2, 0.25) is 0 Å². The third kappa shape index (κ3) is 3.45. The standard InChI is InChI=1S/C14H18BrN5/c1-4-20(5-2)14-18-13(9-16-19-14)17-12-7-6-11(15)8-10(12)3/h6-9H,4-5H2,1-3H3,(H,17,18,19). The summed E-state index contributed by atoms with van der Waals surface area (Å²) < 4.78 is 1.06. The lowest BCUT2D eigenvalue weighted by molar-refractivity contribution is 0.796. The van der Waals surface area contributed by atoms with Crippen molar-refractivity contribution in [2.24, 2.45) is 0 Å². The normalized spacial score (nSPS) is 10.4. The summed E-state index contributed by atoms with van der Waals surface area (Å²) in [5.74, 6) is 1.35. The monoisotopic (exact) mass is 335 g/mol. The highest BCUT2D eigenvalue weighted by atomic mass is 79.9. The van der Waals surface area contributed by atoms with Gasteiger partial charge in [0.25, 0.3) is 0 Å². The molecule has 6 heteroatoms. The summed E-state index contributed by atoms with van der Waals surface area (Å²) in [5.41, 5.74) is 2.15. The minimum absolute atomic E-state index is 0.648. The first kappa shape index (κ1) is 14.7. The van der Waals surface area contributed by atoms with Gasteiger partial charge in [0.2, 0.25) is 5.95 Å². The van der Waals surface area contributed by atoms with Crippen LogP contribution < -0.4 is 10.2 Å². The molecule has 106 valence electrons. The number of hydrogen-bond acceptors (Lipinski definition) is 5. The number of aryl methyl sites for hydroxylation is 1. The number of aromatic nitrogens is 3. The van der Waals surface area contributed by atoms with E-state index in [-0.39, 0.29) is 0 Å². The molecule has 2 rings (SSSR count). The summed E-state index contributed by atoms with van der Waals surface area (Å²) in [7, 11) is 0. The van der Waals surface area contributed by atoms with Crippen molar-refractivity contribution in [1.29, 1.82) is 0 Å². The summed E-state index contributed by atoms with van der Waals surface area (Å²) >= 11 is 3.46. The van der Waals surface area contributed by atoms with E-state index in [0.717, 1.165) is 28.8 Å². The zero-order valence-corrected chi connectivity index (χ0v) is 13.5. The first-order valence-corrected chi connectivity index (χ1v) is 7.41. The number of nitrogens with zero attached hydrogens (tertiary/aromatic N) is 4. The van der Waals surface area contributed by atoms with Crippen molar-refractivity contribution in [2.75, 3.05) is 23.3 Å². The van der Waals surface area contributed by atoms with Gasteiger partial charge in [-0.25, -0.2) is 0 Å². The van der Waals surface area contributed by atoms with Gasteiger partial charge in [-0.15, -0.1) is 5.10 Å². The Morgan fingerprint density at radius 3 is 2.65 bits per heavy atom. The molecule has 0 saturated heterocycles. The van der Waals surface area contributed by atoms with Gasteiger partial charge in [-0.1, -0.05) is 15.9 Å². The molecule has 0 aliphatic heterocycles. The van der Waals surface area contributed by atoms with Gasteiger partial charge in [0, 0.05) is 23.2 Å². The molecular weight excluding hydrogens is 318 g/mol. The van der Waals surface area contributed by atoms with Gasteiger partial charge in [-0.2, -0.15) is 10.1 Å². The number of nitrogens with one attached hydrogen (secondary N) is 1. The Morgan fingerprint density at radius 2 is 2.00 bits per heavy atom. The van der Waals surface area contributed by atoms with Gasteiger partial charge in [0.15, 0.2) is 5.82 Å². The predicted molar refractivity (Wildman–Crippen MR) is 85.5 cm³/mol.